The molecule has 3 heterocycles. The zero-order valence-electron chi connectivity index (χ0n) is 19.4. The zero-order valence-corrected chi connectivity index (χ0v) is 20.3. The summed E-state index contributed by atoms with van der Waals surface area (Å²) in [7, 11) is -4.19. The highest BCUT2D eigenvalue weighted by Crippen LogP contribution is 2.49. The van der Waals surface area contributed by atoms with Crippen LogP contribution in [0.4, 0.5) is 35.1 Å². The average Bonchev–Trinajstić information content (AvgIpc) is 3.53. The predicted molar refractivity (Wildman–Crippen MR) is 114 cm³/mol. The van der Waals surface area contributed by atoms with E-state index in [9.17, 15) is 48.3 Å². The Balaban J connectivity index is 1.74. The molecule has 1 aliphatic carbocycles. The Morgan fingerprint density at radius 1 is 1.08 bits per heavy atom. The van der Waals surface area contributed by atoms with Crippen molar-refractivity contribution in [1.82, 2.24) is 29.9 Å². The second kappa shape index (κ2) is 9.23. The van der Waals surface area contributed by atoms with Crippen molar-refractivity contribution in [1.29, 1.82) is 0 Å². The van der Waals surface area contributed by atoms with Crippen molar-refractivity contribution in [3.8, 4) is 17.1 Å². The minimum absolute atomic E-state index is 0.314. The van der Waals surface area contributed by atoms with E-state index in [0.717, 1.165) is 18.5 Å². The van der Waals surface area contributed by atoms with Crippen LogP contribution >= 0.6 is 0 Å². The topological polar surface area (TPSA) is 128 Å². The van der Waals surface area contributed by atoms with Crippen LogP contribution in [0.3, 0.4) is 0 Å². The van der Waals surface area contributed by atoms with Gasteiger partial charge in [0.15, 0.2) is 27.1 Å². The van der Waals surface area contributed by atoms with Gasteiger partial charge in [-0.05, 0) is 18.9 Å². The number of hydrogen-bond donors (Lipinski definition) is 1. The van der Waals surface area contributed by atoms with E-state index >= 15 is 0 Å². The molecule has 0 unspecified atom stereocenters. The van der Waals surface area contributed by atoms with Crippen LogP contribution in [-0.4, -0.2) is 75.1 Å². The first-order chi connectivity index (χ1) is 17.9. The van der Waals surface area contributed by atoms with E-state index in [1.165, 1.54) is 6.92 Å². The number of amides is 1. The maximum absolute atomic E-state index is 13.3. The molecule has 0 radical (unpaired) electrons. The molecule has 0 bridgehead atoms. The van der Waals surface area contributed by atoms with Crippen LogP contribution in [0, 0.1) is 0 Å². The molecular formula is C20H16F8N6O4S. The predicted octanol–water partition coefficient (Wildman–Crippen LogP) is 3.38. The second-order valence-electron chi connectivity index (χ2n) is 8.41. The number of nitrogens with zero attached hydrogens (tertiary/aromatic N) is 5. The molecule has 212 valence electrons. The third-order valence-electron chi connectivity index (χ3n) is 5.74. The number of hydrogen-bond acceptors (Lipinski definition) is 8. The number of sulfone groups is 1. The van der Waals surface area contributed by atoms with E-state index in [-0.39, 0.29) is 29.7 Å². The van der Waals surface area contributed by atoms with Gasteiger partial charge in [-0.1, -0.05) is 6.92 Å². The molecule has 0 spiro atoms. The second-order valence-corrected chi connectivity index (χ2v) is 10.6. The normalized spacial score (nSPS) is 15.8. The van der Waals surface area contributed by atoms with Crippen LogP contribution in [0.2, 0.25) is 0 Å². The Morgan fingerprint density at radius 2 is 1.74 bits per heavy atom. The number of nitrogens with one attached hydrogen (secondary N) is 1. The summed E-state index contributed by atoms with van der Waals surface area (Å²) in [5.74, 6) is -7.67. The summed E-state index contributed by atoms with van der Waals surface area (Å²) >= 11 is 0. The minimum Gasteiger partial charge on any atom is -0.470 e. The molecule has 1 saturated carbocycles. The number of carbonyl (C=O) groups is 1. The van der Waals surface area contributed by atoms with E-state index in [1.807, 2.05) is 5.32 Å². The van der Waals surface area contributed by atoms with Gasteiger partial charge in [0.25, 0.3) is 5.91 Å². The van der Waals surface area contributed by atoms with E-state index < -0.39 is 68.5 Å². The quantitative estimate of drug-likeness (QED) is 0.397. The lowest BCUT2D eigenvalue weighted by molar-refractivity contribution is -0.290. The summed E-state index contributed by atoms with van der Waals surface area (Å²) in [5.41, 5.74) is -3.91. The number of halogens is 8. The third-order valence-corrected chi connectivity index (χ3v) is 7.37. The molecule has 0 aromatic carbocycles. The maximum Gasteiger partial charge on any atom is 0.456 e. The largest absolute Gasteiger partial charge is 0.470 e. The van der Waals surface area contributed by atoms with Crippen molar-refractivity contribution in [2.45, 2.75) is 48.6 Å². The van der Waals surface area contributed by atoms with Crippen molar-refractivity contribution < 1.29 is 53.1 Å². The average molecular weight is 588 g/mol. The fourth-order valence-corrected chi connectivity index (χ4v) is 4.31. The number of fused-ring (bicyclic) bond motifs is 1. The Hall–Kier alpha value is -3.64. The summed E-state index contributed by atoms with van der Waals surface area (Å²) in [6, 6.07) is 1.01. The minimum atomic E-state index is -5.88. The SMILES string of the molecule is CCS(=O)(=O)c1nn2c(C(=O)NC3(C(F)(F)F)CC3)ccnc2c1-c1cnc(OCC(F)(F)C(F)(F)F)cn1. The van der Waals surface area contributed by atoms with Crippen molar-refractivity contribution >= 4 is 21.4 Å². The molecular weight excluding hydrogens is 572 g/mol. The van der Waals surface area contributed by atoms with Crippen molar-refractivity contribution in [3.05, 3.63) is 30.4 Å². The first-order valence-electron chi connectivity index (χ1n) is 10.8. The lowest BCUT2D eigenvalue weighted by atomic mass is 10.2. The van der Waals surface area contributed by atoms with Crippen molar-refractivity contribution in [2.24, 2.45) is 0 Å². The molecule has 3 aromatic rings. The van der Waals surface area contributed by atoms with Crippen LogP contribution in [0.1, 0.15) is 30.3 Å². The molecule has 4 rings (SSSR count). The first-order valence-corrected chi connectivity index (χ1v) is 12.5. The van der Waals surface area contributed by atoms with Crippen molar-refractivity contribution in [2.75, 3.05) is 12.4 Å². The highest BCUT2D eigenvalue weighted by Gasteiger charge is 2.64. The Morgan fingerprint density at radius 3 is 2.26 bits per heavy atom. The highest BCUT2D eigenvalue weighted by atomic mass is 32.2. The van der Waals surface area contributed by atoms with Gasteiger partial charge >= 0.3 is 18.3 Å². The fraction of sp³-hybridized carbons (Fsp3) is 0.450. The van der Waals surface area contributed by atoms with Crippen LogP contribution < -0.4 is 10.1 Å². The highest BCUT2D eigenvalue weighted by molar-refractivity contribution is 7.91. The number of carbonyl (C=O) groups excluding carboxylic acids is 1. The van der Waals surface area contributed by atoms with Crippen LogP contribution in [-0.2, 0) is 9.84 Å². The summed E-state index contributed by atoms with van der Waals surface area (Å²) < 4.78 is 134. The van der Waals surface area contributed by atoms with Gasteiger partial charge in [-0.3, -0.25) is 4.79 Å². The molecule has 1 aliphatic rings. The summed E-state index contributed by atoms with van der Waals surface area (Å²) in [5, 5.41) is 5.10. The van der Waals surface area contributed by atoms with Gasteiger partial charge in [0.1, 0.15) is 11.2 Å². The van der Waals surface area contributed by atoms with Gasteiger partial charge in [-0.15, -0.1) is 0 Å². The Kier molecular flexibility index (Phi) is 6.72. The van der Waals surface area contributed by atoms with Gasteiger partial charge in [-0.2, -0.15) is 40.2 Å². The van der Waals surface area contributed by atoms with E-state index in [4.69, 9.17) is 0 Å². The molecule has 1 fully saturated rings. The maximum atomic E-state index is 13.3. The van der Waals surface area contributed by atoms with Crippen LogP contribution in [0.15, 0.2) is 29.7 Å². The molecule has 1 amide bonds. The molecule has 19 heteroatoms. The first kappa shape index (κ1) is 28.4. The molecule has 0 saturated heterocycles. The Labute approximate surface area is 213 Å². The van der Waals surface area contributed by atoms with Gasteiger partial charge in [0.05, 0.1) is 29.4 Å². The van der Waals surface area contributed by atoms with E-state index in [2.05, 4.69) is 24.8 Å². The monoisotopic (exact) mass is 588 g/mol. The van der Waals surface area contributed by atoms with Crippen LogP contribution in [0.25, 0.3) is 16.9 Å². The summed E-state index contributed by atoms with van der Waals surface area (Å²) in [6.45, 7) is -0.843. The molecule has 3 aromatic heterocycles. The van der Waals surface area contributed by atoms with Gasteiger partial charge in [0.2, 0.25) is 5.88 Å². The molecule has 0 aliphatic heterocycles. The lowest BCUT2D eigenvalue weighted by Gasteiger charge is -2.20. The van der Waals surface area contributed by atoms with E-state index in [1.54, 1.807) is 0 Å². The molecule has 1 N–H and O–H groups in total. The van der Waals surface area contributed by atoms with Gasteiger partial charge in [0, 0.05) is 6.20 Å². The van der Waals surface area contributed by atoms with Gasteiger partial charge in [-0.25, -0.2) is 27.9 Å². The molecule has 0 atom stereocenters. The number of ether oxygens (including phenoxy) is 1. The summed E-state index contributed by atoms with van der Waals surface area (Å²) in [4.78, 5) is 24.1. The van der Waals surface area contributed by atoms with E-state index in [0.29, 0.717) is 10.7 Å². The number of alkyl halides is 8. The summed E-state index contributed by atoms with van der Waals surface area (Å²) in [6.07, 6.45) is -8.88. The standard InChI is InChI=1S/C20H16F8N6O4S/c1-2-39(36,37)16-13(10-7-31-12(8-30-10)38-9-18(21,22)20(26,27)28)14-29-6-3-11(34(14)33-16)15(35)32-17(4-5-17)19(23,24)25/h3,6-8H,2,4-5,9H2,1H3,(H,32,35). The third kappa shape index (κ3) is 5.18. The molecule has 10 nitrogen and oxygen atoms in total. The molecule has 39 heavy (non-hydrogen) atoms. The smallest absolute Gasteiger partial charge is 0.456 e. The zero-order chi connectivity index (χ0) is 29.0. The van der Waals surface area contributed by atoms with Crippen LogP contribution in [0.5, 0.6) is 5.88 Å². The lowest BCUT2D eigenvalue weighted by Crippen LogP contribution is -2.48. The van der Waals surface area contributed by atoms with Crippen molar-refractivity contribution in [3.63, 3.8) is 0 Å². The Bertz CT molecular complexity index is 1520. The number of rotatable bonds is 8. The fourth-order valence-electron chi connectivity index (χ4n) is 3.33. The van der Waals surface area contributed by atoms with Gasteiger partial charge < -0.3 is 10.1 Å². The number of aromatic nitrogens is 5.